The molecule has 0 saturated heterocycles. The van der Waals surface area contributed by atoms with Crippen LogP contribution in [0.5, 0.6) is 0 Å². The van der Waals surface area contributed by atoms with Gasteiger partial charge in [0.15, 0.2) is 0 Å². The van der Waals surface area contributed by atoms with Gasteiger partial charge in [-0.3, -0.25) is 9.59 Å². The van der Waals surface area contributed by atoms with Crippen molar-refractivity contribution in [1.29, 1.82) is 0 Å². The Balaban J connectivity index is 2.47. The average Bonchev–Trinajstić information content (AvgIpc) is 2.44. The lowest BCUT2D eigenvalue weighted by Crippen LogP contribution is -2.34. The third kappa shape index (κ3) is 5.79. The largest absolute Gasteiger partial charge is 0.481 e. The molecule has 0 aromatic heterocycles. The molecule has 0 aliphatic rings. The van der Waals surface area contributed by atoms with Crippen LogP contribution in [0, 0.1) is 5.92 Å². The number of thioether (sulfide) groups is 1. The smallest absolute Gasteiger partial charge is 0.308 e. The molecule has 0 fully saturated rings. The average molecular weight is 309 g/mol. The van der Waals surface area contributed by atoms with E-state index < -0.39 is 11.9 Å². The van der Waals surface area contributed by atoms with E-state index in [0.717, 1.165) is 4.90 Å². The van der Waals surface area contributed by atoms with E-state index >= 15 is 0 Å². The fourth-order valence-corrected chi connectivity index (χ4v) is 2.63. The monoisotopic (exact) mass is 309 g/mol. The van der Waals surface area contributed by atoms with Crippen LogP contribution >= 0.6 is 11.8 Å². The molecule has 116 valence electrons. The molecule has 0 bridgehead atoms. The van der Waals surface area contributed by atoms with Crippen LogP contribution in [-0.2, 0) is 9.59 Å². The SMILES string of the molecule is CC(CN(C)C(=O)CSc1ccc(C(C)C)cc1)C(=O)O. The van der Waals surface area contributed by atoms with Crippen molar-refractivity contribution in [2.75, 3.05) is 19.3 Å². The first-order valence-corrected chi connectivity index (χ1v) is 7.99. The number of carboxylic acids is 1. The first-order chi connectivity index (χ1) is 9.81. The van der Waals surface area contributed by atoms with Crippen molar-refractivity contribution in [3.05, 3.63) is 29.8 Å². The van der Waals surface area contributed by atoms with Gasteiger partial charge in [0, 0.05) is 18.5 Å². The fraction of sp³-hybridized carbons (Fsp3) is 0.500. The molecule has 0 spiro atoms. The summed E-state index contributed by atoms with van der Waals surface area (Å²) in [5, 5.41) is 8.85. The summed E-state index contributed by atoms with van der Waals surface area (Å²) < 4.78 is 0. The molecule has 5 heteroatoms. The fourth-order valence-electron chi connectivity index (χ4n) is 1.79. The molecule has 1 N–H and O–H groups in total. The van der Waals surface area contributed by atoms with E-state index in [1.165, 1.54) is 22.2 Å². The number of benzene rings is 1. The first kappa shape index (κ1) is 17.6. The zero-order valence-electron chi connectivity index (χ0n) is 13.0. The topological polar surface area (TPSA) is 57.6 Å². The Hall–Kier alpha value is -1.49. The summed E-state index contributed by atoms with van der Waals surface area (Å²) in [6.07, 6.45) is 0. The molecule has 0 radical (unpaired) electrons. The van der Waals surface area contributed by atoms with E-state index in [-0.39, 0.29) is 12.5 Å². The lowest BCUT2D eigenvalue weighted by molar-refractivity contribution is -0.142. The van der Waals surface area contributed by atoms with E-state index in [1.54, 1.807) is 14.0 Å². The zero-order chi connectivity index (χ0) is 16.0. The van der Waals surface area contributed by atoms with Gasteiger partial charge in [0.2, 0.25) is 5.91 Å². The quantitative estimate of drug-likeness (QED) is 0.786. The van der Waals surface area contributed by atoms with Gasteiger partial charge in [0.1, 0.15) is 0 Å². The molecule has 1 aromatic carbocycles. The summed E-state index contributed by atoms with van der Waals surface area (Å²) in [7, 11) is 1.64. The number of nitrogens with zero attached hydrogens (tertiary/aromatic N) is 1. The summed E-state index contributed by atoms with van der Waals surface area (Å²) in [6, 6.07) is 8.20. The Labute approximate surface area is 130 Å². The summed E-state index contributed by atoms with van der Waals surface area (Å²) in [4.78, 5) is 25.3. The minimum atomic E-state index is -0.883. The number of amides is 1. The molecule has 1 amide bonds. The second-order valence-electron chi connectivity index (χ2n) is 5.53. The molecule has 1 unspecified atom stereocenters. The number of carbonyl (C=O) groups is 2. The van der Waals surface area contributed by atoms with E-state index in [2.05, 4.69) is 26.0 Å². The maximum Gasteiger partial charge on any atom is 0.308 e. The highest BCUT2D eigenvalue weighted by Crippen LogP contribution is 2.22. The Bertz CT molecular complexity index is 485. The second-order valence-corrected chi connectivity index (χ2v) is 6.57. The Morgan fingerprint density at radius 2 is 1.76 bits per heavy atom. The third-order valence-corrected chi connectivity index (χ3v) is 4.30. The molecule has 4 nitrogen and oxygen atoms in total. The van der Waals surface area contributed by atoms with Crippen molar-refractivity contribution < 1.29 is 14.7 Å². The summed E-state index contributed by atoms with van der Waals surface area (Å²) in [6.45, 7) is 6.12. The van der Waals surface area contributed by atoms with Gasteiger partial charge in [-0.2, -0.15) is 0 Å². The minimum absolute atomic E-state index is 0.0546. The van der Waals surface area contributed by atoms with Crippen molar-refractivity contribution >= 4 is 23.6 Å². The van der Waals surface area contributed by atoms with Crippen LogP contribution in [0.4, 0.5) is 0 Å². The van der Waals surface area contributed by atoms with Gasteiger partial charge >= 0.3 is 5.97 Å². The van der Waals surface area contributed by atoms with Gasteiger partial charge in [-0.1, -0.05) is 32.9 Å². The number of hydrogen-bond donors (Lipinski definition) is 1. The van der Waals surface area contributed by atoms with E-state index in [1.807, 2.05) is 12.1 Å². The van der Waals surface area contributed by atoms with Gasteiger partial charge in [-0.05, 0) is 23.6 Å². The van der Waals surface area contributed by atoms with Gasteiger partial charge in [-0.25, -0.2) is 0 Å². The van der Waals surface area contributed by atoms with Crippen LogP contribution in [0.15, 0.2) is 29.2 Å². The Morgan fingerprint density at radius 3 is 2.24 bits per heavy atom. The normalized spacial score (nSPS) is 12.2. The number of aliphatic carboxylic acids is 1. The minimum Gasteiger partial charge on any atom is -0.481 e. The van der Waals surface area contributed by atoms with Crippen LogP contribution in [0.3, 0.4) is 0 Å². The molecule has 0 saturated carbocycles. The molecule has 1 rings (SSSR count). The van der Waals surface area contributed by atoms with Crippen LogP contribution in [-0.4, -0.2) is 41.2 Å². The maximum atomic E-state index is 12.0. The van der Waals surface area contributed by atoms with E-state index in [0.29, 0.717) is 11.7 Å². The van der Waals surface area contributed by atoms with Crippen molar-refractivity contribution in [2.45, 2.75) is 31.6 Å². The first-order valence-electron chi connectivity index (χ1n) is 7.00. The van der Waals surface area contributed by atoms with Crippen molar-refractivity contribution in [3.8, 4) is 0 Å². The third-order valence-electron chi connectivity index (χ3n) is 3.30. The van der Waals surface area contributed by atoms with Crippen molar-refractivity contribution in [3.63, 3.8) is 0 Å². The molecule has 0 aliphatic carbocycles. The van der Waals surface area contributed by atoms with Crippen LogP contribution in [0.1, 0.15) is 32.3 Å². The van der Waals surface area contributed by atoms with Gasteiger partial charge in [-0.15, -0.1) is 11.8 Å². The van der Waals surface area contributed by atoms with Crippen LogP contribution in [0.25, 0.3) is 0 Å². The van der Waals surface area contributed by atoms with E-state index in [4.69, 9.17) is 5.11 Å². The Morgan fingerprint density at radius 1 is 1.19 bits per heavy atom. The molecular weight excluding hydrogens is 286 g/mol. The standard InChI is InChI=1S/C16H23NO3S/c1-11(2)13-5-7-14(8-6-13)21-10-15(18)17(4)9-12(3)16(19)20/h5-8,11-12H,9-10H2,1-4H3,(H,19,20). The highest BCUT2D eigenvalue weighted by atomic mass is 32.2. The van der Waals surface area contributed by atoms with Gasteiger partial charge in [0.05, 0.1) is 11.7 Å². The van der Waals surface area contributed by atoms with Crippen LogP contribution < -0.4 is 0 Å². The van der Waals surface area contributed by atoms with Gasteiger partial charge in [0.25, 0.3) is 0 Å². The molecule has 1 aromatic rings. The number of rotatable bonds is 7. The molecule has 21 heavy (non-hydrogen) atoms. The predicted molar refractivity (Wildman–Crippen MR) is 85.7 cm³/mol. The highest BCUT2D eigenvalue weighted by molar-refractivity contribution is 8.00. The van der Waals surface area contributed by atoms with Crippen molar-refractivity contribution in [2.24, 2.45) is 5.92 Å². The Kier molecular flexibility index (Phi) is 6.75. The zero-order valence-corrected chi connectivity index (χ0v) is 13.8. The summed E-state index contributed by atoms with van der Waals surface area (Å²) >= 11 is 1.47. The molecule has 1 atom stereocenters. The molecule has 0 aliphatic heterocycles. The van der Waals surface area contributed by atoms with Crippen molar-refractivity contribution in [1.82, 2.24) is 4.90 Å². The lowest BCUT2D eigenvalue weighted by Gasteiger charge is -2.19. The highest BCUT2D eigenvalue weighted by Gasteiger charge is 2.17. The van der Waals surface area contributed by atoms with Gasteiger partial charge < -0.3 is 10.0 Å². The predicted octanol–water partition coefficient (Wildman–Crippen LogP) is 3.08. The number of carbonyl (C=O) groups excluding carboxylic acids is 1. The maximum absolute atomic E-state index is 12.0. The summed E-state index contributed by atoms with van der Waals surface area (Å²) in [5.41, 5.74) is 1.28. The summed E-state index contributed by atoms with van der Waals surface area (Å²) in [5.74, 6) is -0.666. The van der Waals surface area contributed by atoms with E-state index in [9.17, 15) is 9.59 Å². The molecular formula is C16H23NO3S. The number of carboxylic acid groups (broad SMARTS) is 1. The lowest BCUT2D eigenvalue weighted by atomic mass is 10.0. The number of hydrogen-bond acceptors (Lipinski definition) is 3. The second kappa shape index (κ2) is 8.08. The molecule has 0 heterocycles. The van der Waals surface area contributed by atoms with Crippen LogP contribution in [0.2, 0.25) is 0 Å².